The predicted octanol–water partition coefficient (Wildman–Crippen LogP) is 4.10. The number of hydrogen-bond acceptors (Lipinski definition) is 2. The Labute approximate surface area is 159 Å². The van der Waals surface area contributed by atoms with E-state index in [1.165, 1.54) is 0 Å². The van der Waals surface area contributed by atoms with Gasteiger partial charge in [-0.3, -0.25) is 9.59 Å². The van der Waals surface area contributed by atoms with Crippen molar-refractivity contribution in [2.45, 2.75) is 19.1 Å². The number of rotatable bonds is 5. The summed E-state index contributed by atoms with van der Waals surface area (Å²) in [5, 5.41) is 2.68. The average Bonchev–Trinajstić information content (AvgIpc) is 2.65. The first-order valence-electron chi connectivity index (χ1n) is 8.52. The van der Waals surface area contributed by atoms with E-state index in [9.17, 15) is 22.8 Å². The number of benzene rings is 2. The Balaban J connectivity index is 1.77. The van der Waals surface area contributed by atoms with Gasteiger partial charge < -0.3 is 9.88 Å². The molecule has 7 heteroatoms. The molecule has 1 heterocycles. The summed E-state index contributed by atoms with van der Waals surface area (Å²) in [7, 11) is 0. The second-order valence-electron chi connectivity index (χ2n) is 6.25. The standard InChI is InChI=1S/C21H17F3N2O2/c22-21(23,24)17-10-11-20(28)26(13-17)14-19(27)25-18-9-5-4-8-16(18)12-15-6-2-1-3-7-15/h1-11,13H,12,14H2,(H,25,27). The van der Waals surface area contributed by atoms with Crippen LogP contribution in [0.15, 0.2) is 77.7 Å². The molecule has 4 nitrogen and oxygen atoms in total. The van der Waals surface area contributed by atoms with Gasteiger partial charge in [0.15, 0.2) is 0 Å². The molecule has 3 rings (SSSR count). The third-order valence-electron chi connectivity index (χ3n) is 4.15. The van der Waals surface area contributed by atoms with E-state index in [2.05, 4.69) is 5.32 Å². The Morgan fingerprint density at radius 3 is 2.32 bits per heavy atom. The lowest BCUT2D eigenvalue weighted by Gasteiger charge is -2.13. The number of nitrogens with one attached hydrogen (secondary N) is 1. The van der Waals surface area contributed by atoms with Gasteiger partial charge in [-0.05, 0) is 29.7 Å². The van der Waals surface area contributed by atoms with Crippen LogP contribution in [0.3, 0.4) is 0 Å². The Morgan fingerprint density at radius 2 is 1.61 bits per heavy atom. The average molecular weight is 386 g/mol. The lowest BCUT2D eigenvalue weighted by molar-refractivity contribution is -0.138. The van der Waals surface area contributed by atoms with Gasteiger partial charge in [0, 0.05) is 18.0 Å². The second-order valence-corrected chi connectivity index (χ2v) is 6.25. The number of halogens is 3. The van der Waals surface area contributed by atoms with Crippen molar-refractivity contribution in [1.29, 1.82) is 0 Å². The van der Waals surface area contributed by atoms with E-state index >= 15 is 0 Å². The summed E-state index contributed by atoms with van der Waals surface area (Å²) in [4.78, 5) is 24.2. The molecule has 0 radical (unpaired) electrons. The lowest BCUT2D eigenvalue weighted by atomic mass is 10.0. The van der Waals surface area contributed by atoms with Gasteiger partial charge in [-0.1, -0.05) is 48.5 Å². The highest BCUT2D eigenvalue weighted by Crippen LogP contribution is 2.28. The van der Waals surface area contributed by atoms with Gasteiger partial charge in [-0.15, -0.1) is 0 Å². The number of carbonyl (C=O) groups excluding carboxylic acids is 1. The predicted molar refractivity (Wildman–Crippen MR) is 100 cm³/mol. The van der Waals surface area contributed by atoms with E-state index in [4.69, 9.17) is 0 Å². The van der Waals surface area contributed by atoms with Crippen molar-refractivity contribution in [3.8, 4) is 0 Å². The van der Waals surface area contributed by atoms with Gasteiger partial charge in [-0.2, -0.15) is 13.2 Å². The molecule has 1 N–H and O–H groups in total. The number of amides is 1. The minimum atomic E-state index is -4.59. The van der Waals surface area contributed by atoms with Gasteiger partial charge >= 0.3 is 6.18 Å². The van der Waals surface area contributed by atoms with Gasteiger partial charge in [0.1, 0.15) is 6.54 Å². The zero-order chi connectivity index (χ0) is 20.1. The maximum atomic E-state index is 12.8. The molecule has 0 atom stereocenters. The fourth-order valence-corrected chi connectivity index (χ4v) is 2.78. The van der Waals surface area contributed by atoms with Crippen LogP contribution in [0.5, 0.6) is 0 Å². The zero-order valence-corrected chi connectivity index (χ0v) is 14.7. The molecule has 2 aromatic carbocycles. The Hall–Kier alpha value is -3.35. The number of para-hydroxylation sites is 1. The molecule has 0 unspecified atom stereocenters. The Morgan fingerprint density at radius 1 is 0.929 bits per heavy atom. The van der Waals surface area contributed by atoms with E-state index in [1.807, 2.05) is 42.5 Å². The first-order chi connectivity index (χ1) is 13.3. The largest absolute Gasteiger partial charge is 0.417 e. The molecular formula is C21H17F3N2O2. The lowest BCUT2D eigenvalue weighted by Crippen LogP contribution is -2.28. The molecule has 0 aliphatic heterocycles. The summed E-state index contributed by atoms with van der Waals surface area (Å²) in [6.07, 6.45) is -3.35. The van der Waals surface area contributed by atoms with Crippen LogP contribution in [0.2, 0.25) is 0 Å². The second kappa shape index (κ2) is 8.12. The quantitative estimate of drug-likeness (QED) is 0.718. The maximum Gasteiger partial charge on any atom is 0.417 e. The molecule has 1 amide bonds. The smallest absolute Gasteiger partial charge is 0.324 e. The van der Waals surface area contributed by atoms with Crippen molar-refractivity contribution in [3.05, 3.63) is 100.0 Å². The SMILES string of the molecule is O=C(Cn1cc(C(F)(F)F)ccc1=O)Nc1ccccc1Cc1ccccc1. The van der Waals surface area contributed by atoms with E-state index in [1.54, 1.807) is 12.1 Å². The van der Waals surface area contributed by atoms with Gasteiger partial charge in [0.25, 0.3) is 5.56 Å². The fourth-order valence-electron chi connectivity index (χ4n) is 2.78. The van der Waals surface area contributed by atoms with Gasteiger partial charge in [0.2, 0.25) is 5.91 Å². The molecule has 0 fully saturated rings. The van der Waals surface area contributed by atoms with Crippen LogP contribution < -0.4 is 10.9 Å². The molecular weight excluding hydrogens is 369 g/mol. The Kier molecular flexibility index (Phi) is 5.63. The first-order valence-corrected chi connectivity index (χ1v) is 8.52. The summed E-state index contributed by atoms with van der Waals surface area (Å²) < 4.78 is 39.2. The summed E-state index contributed by atoms with van der Waals surface area (Å²) in [5.41, 5.74) is 0.804. The normalized spacial score (nSPS) is 11.2. The van der Waals surface area contributed by atoms with Gasteiger partial charge in [0.05, 0.1) is 5.56 Å². The molecule has 0 spiro atoms. The van der Waals surface area contributed by atoms with E-state index in [0.29, 0.717) is 24.4 Å². The number of nitrogens with zero attached hydrogens (tertiary/aromatic N) is 1. The minimum Gasteiger partial charge on any atom is -0.324 e. The summed E-state index contributed by atoms with van der Waals surface area (Å²) in [6, 6.07) is 18.3. The van der Waals surface area contributed by atoms with E-state index in [0.717, 1.165) is 21.8 Å². The molecule has 1 aromatic heterocycles. The van der Waals surface area contributed by atoms with Crippen LogP contribution in [0.25, 0.3) is 0 Å². The van der Waals surface area contributed by atoms with Crippen LogP contribution in [-0.2, 0) is 23.9 Å². The van der Waals surface area contributed by atoms with Crippen LogP contribution in [0.4, 0.5) is 18.9 Å². The van der Waals surface area contributed by atoms with E-state index < -0.39 is 29.8 Å². The number of hydrogen-bond donors (Lipinski definition) is 1. The fraction of sp³-hybridized carbons (Fsp3) is 0.143. The van der Waals surface area contributed by atoms with Crippen molar-refractivity contribution in [2.24, 2.45) is 0 Å². The monoisotopic (exact) mass is 386 g/mol. The van der Waals surface area contributed by atoms with Crippen molar-refractivity contribution in [2.75, 3.05) is 5.32 Å². The first kappa shape index (κ1) is 19.4. The Bertz CT molecular complexity index is 1030. The van der Waals surface area contributed by atoms with Crippen molar-refractivity contribution < 1.29 is 18.0 Å². The number of aromatic nitrogens is 1. The molecule has 0 bridgehead atoms. The molecule has 0 saturated carbocycles. The van der Waals surface area contributed by atoms with Crippen LogP contribution in [0, 0.1) is 0 Å². The number of alkyl halides is 3. The highest BCUT2D eigenvalue weighted by atomic mass is 19.4. The molecule has 0 aliphatic carbocycles. The molecule has 3 aromatic rings. The van der Waals surface area contributed by atoms with Crippen molar-refractivity contribution in [1.82, 2.24) is 4.57 Å². The molecule has 28 heavy (non-hydrogen) atoms. The topological polar surface area (TPSA) is 51.1 Å². The number of pyridine rings is 1. The highest BCUT2D eigenvalue weighted by molar-refractivity contribution is 5.91. The zero-order valence-electron chi connectivity index (χ0n) is 14.7. The summed E-state index contributed by atoms with van der Waals surface area (Å²) >= 11 is 0. The number of carbonyl (C=O) groups is 1. The maximum absolute atomic E-state index is 12.8. The third-order valence-corrected chi connectivity index (χ3v) is 4.15. The number of anilines is 1. The van der Waals surface area contributed by atoms with Crippen molar-refractivity contribution in [3.63, 3.8) is 0 Å². The summed E-state index contributed by atoms with van der Waals surface area (Å²) in [5.74, 6) is -0.582. The van der Waals surface area contributed by atoms with Crippen molar-refractivity contribution >= 4 is 11.6 Å². The molecule has 0 saturated heterocycles. The van der Waals surface area contributed by atoms with E-state index in [-0.39, 0.29) is 0 Å². The van der Waals surface area contributed by atoms with Crippen LogP contribution in [-0.4, -0.2) is 10.5 Å². The van der Waals surface area contributed by atoms with Crippen LogP contribution in [0.1, 0.15) is 16.7 Å². The minimum absolute atomic E-state index is 0.511. The van der Waals surface area contributed by atoms with Gasteiger partial charge in [-0.25, -0.2) is 0 Å². The third kappa shape index (κ3) is 4.88. The molecule has 0 aliphatic rings. The molecule has 144 valence electrons. The highest BCUT2D eigenvalue weighted by Gasteiger charge is 2.31. The van der Waals surface area contributed by atoms with Crippen LogP contribution >= 0.6 is 0 Å². The summed E-state index contributed by atoms with van der Waals surface area (Å²) in [6.45, 7) is -0.511.